The van der Waals surface area contributed by atoms with Crippen LogP contribution in [0, 0.1) is 0 Å². The summed E-state index contributed by atoms with van der Waals surface area (Å²) in [5.74, 6) is 0. The summed E-state index contributed by atoms with van der Waals surface area (Å²) in [6.45, 7) is 18.4. The van der Waals surface area contributed by atoms with Crippen molar-refractivity contribution in [2.45, 2.75) is 20.8 Å². The van der Waals surface area contributed by atoms with E-state index in [4.69, 9.17) is 0 Å². The molecule has 3 rings (SSSR count). The molecule has 0 unspecified atom stereocenters. The van der Waals surface area contributed by atoms with Gasteiger partial charge in [-0.1, -0.05) is 61.8 Å². The van der Waals surface area contributed by atoms with Crippen molar-refractivity contribution in [3.8, 4) is 0 Å². The highest BCUT2D eigenvalue weighted by molar-refractivity contribution is 7.32. The first-order valence-corrected chi connectivity index (χ1v) is 10.5. The van der Waals surface area contributed by atoms with E-state index >= 15 is 0 Å². The van der Waals surface area contributed by atoms with Gasteiger partial charge in [0.2, 0.25) is 0 Å². The Balaban J connectivity index is 2.36. The van der Waals surface area contributed by atoms with Gasteiger partial charge in [0.15, 0.2) is 0 Å². The van der Waals surface area contributed by atoms with Crippen LogP contribution in [0.4, 0.5) is 0 Å². The molecule has 3 aromatic rings. The Morgan fingerprint density at radius 1 is 1.04 bits per heavy atom. The highest BCUT2D eigenvalue weighted by atomic mass is 32.1. The van der Waals surface area contributed by atoms with Crippen LogP contribution in [0.3, 0.4) is 0 Å². The second-order valence-corrected chi connectivity index (χ2v) is 8.73. The molecule has 2 heterocycles. The SMILES string of the molecule is C=C/C=C\C(/C=c1\c(=C)sc2c1sc1cc(C=C)c(/C=C\C)cc12)=C(C)C. The van der Waals surface area contributed by atoms with Crippen LogP contribution in [0.15, 0.2) is 60.7 Å². The number of fused-ring (bicyclic) bond motifs is 3. The standard InChI is InChI=1S/C25H24S2/c1-7-10-12-19(16(4)5)13-21-17(6)26-25-22-14-20(11-8-2)18(9-3)15-23(22)27-24(21)25/h7-15H,1,3,6H2,2,4-5H3/b11-8-,12-10-,21-13+. The molecular formula is C25H24S2. The van der Waals surface area contributed by atoms with E-state index in [-0.39, 0.29) is 0 Å². The van der Waals surface area contributed by atoms with E-state index in [2.05, 4.69) is 70.0 Å². The fraction of sp³-hybridized carbons (Fsp3) is 0.120. The maximum absolute atomic E-state index is 4.32. The lowest BCUT2D eigenvalue weighted by Crippen LogP contribution is -2.16. The van der Waals surface area contributed by atoms with Crippen LogP contribution in [0.2, 0.25) is 0 Å². The third-order valence-electron chi connectivity index (χ3n) is 4.47. The first-order valence-electron chi connectivity index (χ1n) is 8.91. The lowest BCUT2D eigenvalue weighted by molar-refractivity contribution is 1.36. The molecule has 0 nitrogen and oxygen atoms in total. The normalized spacial score (nSPS) is 12.6. The molecule has 136 valence electrons. The van der Waals surface area contributed by atoms with Gasteiger partial charge in [-0.25, -0.2) is 0 Å². The van der Waals surface area contributed by atoms with Crippen LogP contribution in [-0.2, 0) is 0 Å². The van der Waals surface area contributed by atoms with Crippen molar-refractivity contribution in [2.75, 3.05) is 0 Å². The highest BCUT2D eigenvalue weighted by Crippen LogP contribution is 2.36. The maximum Gasteiger partial charge on any atom is 0.0542 e. The third kappa shape index (κ3) is 3.69. The maximum atomic E-state index is 4.32. The molecule has 0 N–H and O–H groups in total. The quantitative estimate of drug-likeness (QED) is 0.410. The van der Waals surface area contributed by atoms with Crippen molar-refractivity contribution in [3.63, 3.8) is 0 Å². The molecule has 0 aliphatic heterocycles. The van der Waals surface area contributed by atoms with Crippen molar-refractivity contribution in [3.05, 3.63) is 81.6 Å². The van der Waals surface area contributed by atoms with E-state index in [0.29, 0.717) is 0 Å². The van der Waals surface area contributed by atoms with Gasteiger partial charge >= 0.3 is 0 Å². The summed E-state index contributed by atoms with van der Waals surface area (Å²) in [4.78, 5) is 0. The molecule has 0 radical (unpaired) electrons. The number of thiophene rings is 2. The Hall–Kier alpha value is -2.42. The Morgan fingerprint density at radius 2 is 1.81 bits per heavy atom. The van der Waals surface area contributed by atoms with Crippen molar-refractivity contribution in [1.29, 1.82) is 0 Å². The topological polar surface area (TPSA) is 0 Å². The number of allylic oxidation sites excluding steroid dienone is 6. The first-order chi connectivity index (χ1) is 13.0. The predicted molar refractivity (Wildman–Crippen MR) is 129 cm³/mol. The molecular weight excluding hydrogens is 364 g/mol. The summed E-state index contributed by atoms with van der Waals surface area (Å²) < 4.78 is 5.06. The van der Waals surface area contributed by atoms with Gasteiger partial charge in [-0.15, -0.1) is 22.7 Å². The fourth-order valence-corrected chi connectivity index (χ4v) is 5.62. The molecule has 0 aliphatic rings. The molecule has 1 aromatic carbocycles. The van der Waals surface area contributed by atoms with Crippen LogP contribution in [-0.4, -0.2) is 0 Å². The number of benzene rings is 1. The largest absolute Gasteiger partial charge is 0.134 e. The van der Waals surface area contributed by atoms with Crippen molar-refractivity contribution >= 4 is 67.0 Å². The smallest absolute Gasteiger partial charge is 0.0542 e. The van der Waals surface area contributed by atoms with E-state index in [1.807, 2.05) is 36.5 Å². The molecule has 0 bridgehead atoms. The second kappa shape index (κ2) is 8.08. The molecule has 0 amide bonds. The second-order valence-electron chi connectivity index (χ2n) is 6.58. The molecule has 0 saturated carbocycles. The van der Waals surface area contributed by atoms with Gasteiger partial charge < -0.3 is 0 Å². The Bertz CT molecular complexity index is 1230. The molecule has 2 aromatic heterocycles. The lowest BCUT2D eigenvalue weighted by Gasteiger charge is -2.01. The van der Waals surface area contributed by atoms with Gasteiger partial charge in [-0.3, -0.25) is 0 Å². The van der Waals surface area contributed by atoms with Gasteiger partial charge in [0, 0.05) is 19.8 Å². The summed E-state index contributed by atoms with van der Waals surface area (Å²) in [6, 6.07) is 4.53. The number of hydrogen-bond acceptors (Lipinski definition) is 2. The Morgan fingerprint density at radius 3 is 2.44 bits per heavy atom. The van der Waals surface area contributed by atoms with Crippen LogP contribution in [0.25, 0.3) is 44.3 Å². The Labute approximate surface area is 169 Å². The Kier molecular flexibility index (Phi) is 5.79. The van der Waals surface area contributed by atoms with Crippen LogP contribution in [0.5, 0.6) is 0 Å². The van der Waals surface area contributed by atoms with Crippen molar-refractivity contribution < 1.29 is 0 Å². The van der Waals surface area contributed by atoms with Gasteiger partial charge in [-0.2, -0.15) is 0 Å². The van der Waals surface area contributed by atoms with Gasteiger partial charge in [0.1, 0.15) is 0 Å². The van der Waals surface area contributed by atoms with Gasteiger partial charge in [0.05, 0.1) is 9.40 Å². The van der Waals surface area contributed by atoms with E-state index in [1.165, 1.54) is 47.0 Å². The summed E-state index contributed by atoms with van der Waals surface area (Å²) in [7, 11) is 0. The minimum absolute atomic E-state index is 1.12. The molecule has 27 heavy (non-hydrogen) atoms. The average Bonchev–Trinajstić information content (AvgIpc) is 3.13. The zero-order valence-corrected chi connectivity index (χ0v) is 17.8. The zero-order valence-electron chi connectivity index (χ0n) is 16.1. The highest BCUT2D eigenvalue weighted by Gasteiger charge is 2.12. The fourth-order valence-electron chi connectivity index (χ4n) is 3.07. The lowest BCUT2D eigenvalue weighted by atomic mass is 10.0. The monoisotopic (exact) mass is 388 g/mol. The number of hydrogen-bond donors (Lipinski definition) is 0. The first kappa shape index (κ1) is 19.3. The predicted octanol–water partition coefficient (Wildman–Crippen LogP) is 7.06. The van der Waals surface area contributed by atoms with Crippen LogP contribution < -0.4 is 9.75 Å². The van der Waals surface area contributed by atoms with Crippen LogP contribution >= 0.6 is 22.7 Å². The minimum atomic E-state index is 1.12. The third-order valence-corrected chi connectivity index (χ3v) is 6.88. The van der Waals surface area contributed by atoms with Crippen molar-refractivity contribution in [2.24, 2.45) is 0 Å². The summed E-state index contributed by atoms with van der Waals surface area (Å²) >= 11 is 3.63. The molecule has 0 aliphatic carbocycles. The van der Waals surface area contributed by atoms with E-state index in [0.717, 1.165) is 4.53 Å². The summed E-state index contributed by atoms with van der Waals surface area (Å²) in [5, 5.41) is 2.54. The summed E-state index contributed by atoms with van der Waals surface area (Å²) in [6.07, 6.45) is 14.3. The minimum Gasteiger partial charge on any atom is -0.134 e. The van der Waals surface area contributed by atoms with E-state index < -0.39 is 0 Å². The van der Waals surface area contributed by atoms with E-state index in [9.17, 15) is 0 Å². The summed E-state index contributed by atoms with van der Waals surface area (Å²) in [5.41, 5.74) is 4.87. The average molecular weight is 389 g/mol. The van der Waals surface area contributed by atoms with Gasteiger partial charge in [0.25, 0.3) is 0 Å². The molecule has 0 spiro atoms. The molecule has 0 fully saturated rings. The molecule has 2 heteroatoms. The van der Waals surface area contributed by atoms with Crippen LogP contribution in [0.1, 0.15) is 31.9 Å². The molecule has 0 atom stereocenters. The molecule has 0 saturated heterocycles. The zero-order chi connectivity index (χ0) is 19.6. The van der Waals surface area contributed by atoms with E-state index in [1.54, 1.807) is 11.3 Å². The van der Waals surface area contributed by atoms with Crippen molar-refractivity contribution in [1.82, 2.24) is 0 Å². The van der Waals surface area contributed by atoms with Gasteiger partial charge in [-0.05, 0) is 55.7 Å². The number of rotatable bonds is 5.